The SMILES string of the molecule is C1=NC(c2ccncc2)CCC1. The van der Waals surface area contributed by atoms with E-state index in [9.17, 15) is 0 Å². The summed E-state index contributed by atoms with van der Waals surface area (Å²) in [5.41, 5.74) is 1.29. The summed E-state index contributed by atoms with van der Waals surface area (Å²) in [6.45, 7) is 0. The fourth-order valence-corrected chi connectivity index (χ4v) is 1.52. The normalized spacial score (nSPS) is 22.5. The number of rotatable bonds is 1. The summed E-state index contributed by atoms with van der Waals surface area (Å²) in [7, 11) is 0. The summed E-state index contributed by atoms with van der Waals surface area (Å²) in [6, 6.07) is 4.49. The van der Waals surface area contributed by atoms with E-state index in [0.717, 1.165) is 6.42 Å². The molecule has 1 unspecified atom stereocenters. The van der Waals surface area contributed by atoms with Gasteiger partial charge in [-0.15, -0.1) is 0 Å². The van der Waals surface area contributed by atoms with Crippen LogP contribution in [-0.4, -0.2) is 11.2 Å². The molecule has 0 aromatic carbocycles. The van der Waals surface area contributed by atoms with Gasteiger partial charge in [-0.05, 0) is 43.2 Å². The quantitative estimate of drug-likeness (QED) is 0.619. The Morgan fingerprint density at radius 2 is 2.08 bits per heavy atom. The Bertz CT molecular complexity index is 266. The van der Waals surface area contributed by atoms with E-state index in [2.05, 4.69) is 9.98 Å². The summed E-state index contributed by atoms with van der Waals surface area (Å²) in [4.78, 5) is 8.44. The van der Waals surface area contributed by atoms with Crippen molar-refractivity contribution in [2.24, 2.45) is 4.99 Å². The minimum Gasteiger partial charge on any atom is -0.289 e. The largest absolute Gasteiger partial charge is 0.289 e. The fourth-order valence-electron chi connectivity index (χ4n) is 1.52. The highest BCUT2D eigenvalue weighted by Gasteiger charge is 2.10. The van der Waals surface area contributed by atoms with Crippen molar-refractivity contribution in [2.75, 3.05) is 0 Å². The predicted molar refractivity (Wildman–Crippen MR) is 49.3 cm³/mol. The van der Waals surface area contributed by atoms with Crippen LogP contribution in [0.1, 0.15) is 30.9 Å². The van der Waals surface area contributed by atoms with Crippen molar-refractivity contribution in [3.05, 3.63) is 30.1 Å². The topological polar surface area (TPSA) is 25.2 Å². The maximum absolute atomic E-state index is 4.45. The first kappa shape index (κ1) is 7.47. The van der Waals surface area contributed by atoms with Crippen molar-refractivity contribution in [1.29, 1.82) is 0 Å². The Labute approximate surface area is 72.4 Å². The van der Waals surface area contributed by atoms with E-state index >= 15 is 0 Å². The van der Waals surface area contributed by atoms with E-state index in [1.807, 2.05) is 30.7 Å². The Morgan fingerprint density at radius 3 is 2.75 bits per heavy atom. The molecule has 2 heteroatoms. The molecule has 0 fully saturated rings. The van der Waals surface area contributed by atoms with Gasteiger partial charge in [0.2, 0.25) is 0 Å². The molecule has 0 saturated heterocycles. The third-order valence-corrected chi connectivity index (χ3v) is 2.19. The van der Waals surface area contributed by atoms with E-state index in [1.165, 1.54) is 18.4 Å². The fraction of sp³-hybridized carbons (Fsp3) is 0.400. The lowest BCUT2D eigenvalue weighted by Gasteiger charge is -2.15. The molecular weight excluding hydrogens is 148 g/mol. The molecule has 0 aliphatic carbocycles. The van der Waals surface area contributed by atoms with Crippen LogP contribution >= 0.6 is 0 Å². The van der Waals surface area contributed by atoms with Gasteiger partial charge in [0.15, 0.2) is 0 Å². The highest BCUT2D eigenvalue weighted by molar-refractivity contribution is 5.58. The van der Waals surface area contributed by atoms with Gasteiger partial charge in [0.05, 0.1) is 6.04 Å². The first-order valence-corrected chi connectivity index (χ1v) is 4.38. The van der Waals surface area contributed by atoms with Crippen LogP contribution in [0.25, 0.3) is 0 Å². The van der Waals surface area contributed by atoms with Gasteiger partial charge in [0, 0.05) is 12.4 Å². The van der Waals surface area contributed by atoms with Crippen molar-refractivity contribution in [3.63, 3.8) is 0 Å². The predicted octanol–water partition coefficient (Wildman–Crippen LogP) is 2.38. The van der Waals surface area contributed by atoms with Crippen LogP contribution in [0.15, 0.2) is 29.5 Å². The number of hydrogen-bond donors (Lipinski definition) is 0. The maximum atomic E-state index is 4.45. The molecule has 62 valence electrons. The lowest BCUT2D eigenvalue weighted by atomic mass is 10.0. The van der Waals surface area contributed by atoms with Crippen LogP contribution in [-0.2, 0) is 0 Å². The minimum absolute atomic E-state index is 0.391. The highest BCUT2D eigenvalue weighted by atomic mass is 14.8. The maximum Gasteiger partial charge on any atom is 0.0746 e. The van der Waals surface area contributed by atoms with Gasteiger partial charge in [0.25, 0.3) is 0 Å². The Hall–Kier alpha value is -1.18. The summed E-state index contributed by atoms with van der Waals surface area (Å²) in [5, 5.41) is 0. The van der Waals surface area contributed by atoms with E-state index in [-0.39, 0.29) is 0 Å². The molecule has 0 N–H and O–H groups in total. The summed E-state index contributed by atoms with van der Waals surface area (Å²) in [6.07, 6.45) is 9.28. The number of aromatic nitrogens is 1. The first-order chi connectivity index (χ1) is 5.97. The molecule has 1 atom stereocenters. The van der Waals surface area contributed by atoms with E-state index < -0.39 is 0 Å². The lowest BCUT2D eigenvalue weighted by Crippen LogP contribution is -2.01. The monoisotopic (exact) mass is 160 g/mol. The average Bonchev–Trinajstić information content (AvgIpc) is 2.21. The van der Waals surface area contributed by atoms with E-state index in [1.54, 1.807) is 0 Å². The molecule has 0 radical (unpaired) electrons. The van der Waals surface area contributed by atoms with Crippen molar-refractivity contribution in [2.45, 2.75) is 25.3 Å². The molecule has 0 bridgehead atoms. The van der Waals surface area contributed by atoms with Crippen LogP contribution in [0.5, 0.6) is 0 Å². The van der Waals surface area contributed by atoms with Gasteiger partial charge in [-0.25, -0.2) is 0 Å². The summed E-state index contributed by atoms with van der Waals surface area (Å²) in [5.74, 6) is 0. The first-order valence-electron chi connectivity index (χ1n) is 4.38. The van der Waals surface area contributed by atoms with Gasteiger partial charge in [-0.1, -0.05) is 0 Å². The standard InChI is InChI=1S/C10H12N2/c1-2-6-12-10(3-1)9-4-7-11-8-5-9/h4-8,10H,1-3H2. The zero-order valence-corrected chi connectivity index (χ0v) is 6.98. The third-order valence-electron chi connectivity index (χ3n) is 2.19. The molecule has 1 aromatic rings. The van der Waals surface area contributed by atoms with Crippen LogP contribution in [0, 0.1) is 0 Å². The molecule has 0 saturated carbocycles. The highest BCUT2D eigenvalue weighted by Crippen LogP contribution is 2.25. The van der Waals surface area contributed by atoms with E-state index in [0.29, 0.717) is 6.04 Å². The second-order valence-corrected chi connectivity index (χ2v) is 3.06. The molecule has 1 aliphatic heterocycles. The third kappa shape index (κ3) is 1.52. The van der Waals surface area contributed by atoms with Crippen LogP contribution < -0.4 is 0 Å². The van der Waals surface area contributed by atoms with Gasteiger partial charge >= 0.3 is 0 Å². The Morgan fingerprint density at radius 1 is 1.25 bits per heavy atom. The van der Waals surface area contributed by atoms with E-state index in [4.69, 9.17) is 0 Å². The number of pyridine rings is 1. The van der Waals surface area contributed by atoms with Crippen molar-refractivity contribution in [1.82, 2.24) is 4.98 Å². The second-order valence-electron chi connectivity index (χ2n) is 3.06. The smallest absolute Gasteiger partial charge is 0.0746 e. The lowest BCUT2D eigenvalue weighted by molar-refractivity contribution is 0.603. The van der Waals surface area contributed by atoms with Gasteiger partial charge in [-0.2, -0.15) is 0 Å². The van der Waals surface area contributed by atoms with Gasteiger partial charge in [-0.3, -0.25) is 9.98 Å². The molecule has 1 aliphatic rings. The molecule has 2 nitrogen and oxygen atoms in total. The molecule has 2 rings (SSSR count). The van der Waals surface area contributed by atoms with Gasteiger partial charge in [0.1, 0.15) is 0 Å². The Kier molecular flexibility index (Phi) is 2.16. The minimum atomic E-state index is 0.391. The van der Waals surface area contributed by atoms with Crippen LogP contribution in [0.3, 0.4) is 0 Å². The summed E-state index contributed by atoms with van der Waals surface area (Å²) < 4.78 is 0. The average molecular weight is 160 g/mol. The zero-order valence-electron chi connectivity index (χ0n) is 6.98. The number of hydrogen-bond acceptors (Lipinski definition) is 2. The molecule has 0 amide bonds. The second kappa shape index (κ2) is 3.48. The summed E-state index contributed by atoms with van der Waals surface area (Å²) >= 11 is 0. The molecule has 0 spiro atoms. The van der Waals surface area contributed by atoms with Crippen molar-refractivity contribution in [3.8, 4) is 0 Å². The van der Waals surface area contributed by atoms with Crippen molar-refractivity contribution < 1.29 is 0 Å². The Balaban J connectivity index is 2.19. The molecule has 1 aromatic heterocycles. The van der Waals surface area contributed by atoms with Crippen molar-refractivity contribution >= 4 is 6.21 Å². The van der Waals surface area contributed by atoms with Crippen LogP contribution in [0.2, 0.25) is 0 Å². The zero-order chi connectivity index (χ0) is 8.23. The van der Waals surface area contributed by atoms with Crippen LogP contribution in [0.4, 0.5) is 0 Å². The number of aliphatic imine (C=N–C) groups is 1. The molecule has 2 heterocycles. The molecule has 12 heavy (non-hydrogen) atoms. The molecular formula is C10H12N2. The number of nitrogens with zero attached hydrogens (tertiary/aromatic N) is 2. The van der Waals surface area contributed by atoms with Gasteiger partial charge < -0.3 is 0 Å².